The number of nitrogens with zero attached hydrogens (tertiary/aromatic N) is 3. The van der Waals surface area contributed by atoms with Crippen molar-refractivity contribution in [3.8, 4) is 0 Å². The van der Waals surface area contributed by atoms with Crippen LogP contribution >= 0.6 is 0 Å². The molecule has 6 heteroatoms. The summed E-state index contributed by atoms with van der Waals surface area (Å²) in [5.41, 5.74) is 8.55. The van der Waals surface area contributed by atoms with Crippen LogP contribution in [0.4, 0.5) is 11.5 Å². The Morgan fingerprint density at radius 2 is 1.62 bits per heavy atom. The van der Waals surface area contributed by atoms with E-state index in [1.165, 1.54) is 5.56 Å². The number of aromatic nitrogens is 1. The molecule has 0 fully saturated rings. The third-order valence-electron chi connectivity index (χ3n) is 4.26. The number of primary amides is 1. The summed E-state index contributed by atoms with van der Waals surface area (Å²) >= 11 is 0. The molecule has 2 aromatic rings. The standard InChI is InChI=1S/C20H26N4O2/c1-14-12-15(2)22-18(13-14)24(4)11-5-10-23(3)17-8-6-16(7-9-17)19(25)20(21)26/h6-9,12-13H,5,10-11H2,1-4H3,(H2,21,26). The molecule has 1 heterocycles. The molecule has 138 valence electrons. The maximum absolute atomic E-state index is 11.6. The Morgan fingerprint density at radius 1 is 1.00 bits per heavy atom. The molecule has 0 aliphatic carbocycles. The van der Waals surface area contributed by atoms with Crippen LogP contribution in [0, 0.1) is 13.8 Å². The molecular formula is C20H26N4O2. The van der Waals surface area contributed by atoms with Crippen LogP contribution in [0.15, 0.2) is 36.4 Å². The van der Waals surface area contributed by atoms with Crippen molar-refractivity contribution in [2.24, 2.45) is 5.73 Å². The van der Waals surface area contributed by atoms with Gasteiger partial charge in [-0.1, -0.05) is 0 Å². The highest BCUT2D eigenvalue weighted by atomic mass is 16.2. The molecule has 1 aromatic carbocycles. The molecule has 0 atom stereocenters. The van der Waals surface area contributed by atoms with E-state index in [0.717, 1.165) is 36.7 Å². The zero-order chi connectivity index (χ0) is 19.3. The van der Waals surface area contributed by atoms with Crippen molar-refractivity contribution >= 4 is 23.2 Å². The van der Waals surface area contributed by atoms with Gasteiger partial charge in [-0.05, 0) is 62.2 Å². The van der Waals surface area contributed by atoms with Crippen molar-refractivity contribution < 1.29 is 9.59 Å². The Bertz CT molecular complexity index is 767. The summed E-state index contributed by atoms with van der Waals surface area (Å²) in [5, 5.41) is 0. The van der Waals surface area contributed by atoms with Gasteiger partial charge in [-0.2, -0.15) is 0 Å². The first-order valence-electron chi connectivity index (χ1n) is 8.59. The largest absolute Gasteiger partial charge is 0.375 e. The van der Waals surface area contributed by atoms with Crippen molar-refractivity contribution in [1.29, 1.82) is 0 Å². The van der Waals surface area contributed by atoms with Gasteiger partial charge in [0.15, 0.2) is 0 Å². The summed E-state index contributed by atoms with van der Waals surface area (Å²) < 4.78 is 0. The van der Waals surface area contributed by atoms with Crippen LogP contribution in [0.25, 0.3) is 0 Å². The van der Waals surface area contributed by atoms with Gasteiger partial charge in [0.1, 0.15) is 5.82 Å². The second-order valence-corrected chi connectivity index (χ2v) is 6.58. The number of carbonyl (C=O) groups is 2. The van der Waals surface area contributed by atoms with E-state index in [-0.39, 0.29) is 0 Å². The van der Waals surface area contributed by atoms with Crippen LogP contribution in [-0.4, -0.2) is 43.9 Å². The molecule has 6 nitrogen and oxygen atoms in total. The van der Waals surface area contributed by atoms with Crippen LogP contribution in [0.5, 0.6) is 0 Å². The molecule has 2 rings (SSSR count). The second-order valence-electron chi connectivity index (χ2n) is 6.58. The van der Waals surface area contributed by atoms with Crippen LogP contribution in [0.2, 0.25) is 0 Å². The monoisotopic (exact) mass is 354 g/mol. The second kappa shape index (κ2) is 8.47. The number of carbonyl (C=O) groups excluding carboxylic acids is 2. The van der Waals surface area contributed by atoms with Gasteiger partial charge in [0.2, 0.25) is 5.78 Å². The van der Waals surface area contributed by atoms with Crippen LogP contribution in [0.1, 0.15) is 28.0 Å². The number of benzene rings is 1. The lowest BCUT2D eigenvalue weighted by atomic mass is 10.1. The number of pyridine rings is 1. The molecule has 1 aromatic heterocycles. The minimum absolute atomic E-state index is 0.315. The van der Waals surface area contributed by atoms with E-state index in [1.807, 2.05) is 33.2 Å². The first-order valence-corrected chi connectivity index (χ1v) is 8.59. The number of anilines is 2. The lowest BCUT2D eigenvalue weighted by molar-refractivity contribution is -0.114. The van der Waals surface area contributed by atoms with E-state index in [2.05, 4.69) is 33.8 Å². The smallest absolute Gasteiger partial charge is 0.289 e. The topological polar surface area (TPSA) is 79.5 Å². The fourth-order valence-corrected chi connectivity index (χ4v) is 2.81. The molecule has 0 bridgehead atoms. The Balaban J connectivity index is 1.89. The summed E-state index contributed by atoms with van der Waals surface area (Å²) in [7, 11) is 4.05. The Morgan fingerprint density at radius 3 is 2.19 bits per heavy atom. The summed E-state index contributed by atoms with van der Waals surface area (Å²) in [4.78, 5) is 31.3. The molecule has 1 amide bonds. The van der Waals surface area contributed by atoms with E-state index in [4.69, 9.17) is 5.73 Å². The predicted octanol–water partition coefficient (Wildman–Crippen LogP) is 2.33. The quantitative estimate of drug-likeness (QED) is 0.581. The van der Waals surface area contributed by atoms with Crippen molar-refractivity contribution in [1.82, 2.24) is 4.98 Å². The maximum Gasteiger partial charge on any atom is 0.289 e. The number of Topliss-reactive ketones (excluding diaryl/α,β-unsaturated/α-hetero) is 1. The van der Waals surface area contributed by atoms with Crippen molar-refractivity contribution in [2.75, 3.05) is 37.0 Å². The normalized spacial score (nSPS) is 10.5. The van der Waals surface area contributed by atoms with Crippen molar-refractivity contribution in [2.45, 2.75) is 20.3 Å². The van der Waals surface area contributed by atoms with Gasteiger partial charge >= 0.3 is 0 Å². The zero-order valence-electron chi connectivity index (χ0n) is 15.8. The van der Waals surface area contributed by atoms with E-state index >= 15 is 0 Å². The van der Waals surface area contributed by atoms with Crippen LogP contribution in [0.3, 0.4) is 0 Å². The van der Waals surface area contributed by atoms with Gasteiger partial charge in [-0.15, -0.1) is 0 Å². The number of hydrogen-bond acceptors (Lipinski definition) is 5. The van der Waals surface area contributed by atoms with Gasteiger partial charge in [0.25, 0.3) is 5.91 Å². The fourth-order valence-electron chi connectivity index (χ4n) is 2.81. The van der Waals surface area contributed by atoms with E-state index in [1.54, 1.807) is 12.1 Å². The highest BCUT2D eigenvalue weighted by molar-refractivity contribution is 6.42. The van der Waals surface area contributed by atoms with Gasteiger partial charge in [-0.3, -0.25) is 9.59 Å². The number of nitrogens with two attached hydrogens (primary N) is 1. The summed E-state index contributed by atoms with van der Waals surface area (Å²) in [5.74, 6) is -0.615. The number of amides is 1. The summed E-state index contributed by atoms with van der Waals surface area (Å²) in [6.45, 7) is 5.83. The predicted molar refractivity (Wildman–Crippen MR) is 105 cm³/mol. The van der Waals surface area contributed by atoms with E-state index in [9.17, 15) is 9.59 Å². The first-order chi connectivity index (χ1) is 12.3. The molecule has 2 N–H and O–H groups in total. The molecule has 0 aliphatic heterocycles. The molecule has 0 saturated heterocycles. The lowest BCUT2D eigenvalue weighted by Crippen LogP contribution is -2.26. The Kier molecular flexibility index (Phi) is 6.33. The Labute approximate surface area is 154 Å². The maximum atomic E-state index is 11.6. The van der Waals surface area contributed by atoms with Gasteiger partial charge in [0, 0.05) is 44.1 Å². The Hall–Kier alpha value is -2.89. The molecule has 0 aliphatic rings. The molecule has 26 heavy (non-hydrogen) atoms. The van der Waals surface area contributed by atoms with Crippen LogP contribution < -0.4 is 15.5 Å². The summed E-state index contributed by atoms with van der Waals surface area (Å²) in [6.07, 6.45) is 0.962. The molecule has 0 unspecified atom stereocenters. The number of rotatable bonds is 8. The number of ketones is 1. The highest BCUT2D eigenvalue weighted by Crippen LogP contribution is 2.16. The molecule has 0 spiro atoms. The third-order valence-corrected chi connectivity index (χ3v) is 4.26. The van der Waals surface area contributed by atoms with E-state index < -0.39 is 11.7 Å². The molecule has 0 radical (unpaired) electrons. The third kappa shape index (κ3) is 5.05. The zero-order valence-corrected chi connectivity index (χ0v) is 15.8. The van der Waals surface area contributed by atoms with Gasteiger partial charge in [-0.25, -0.2) is 4.98 Å². The number of aryl methyl sites for hydroxylation is 2. The van der Waals surface area contributed by atoms with Crippen molar-refractivity contribution in [3.05, 3.63) is 53.2 Å². The minimum Gasteiger partial charge on any atom is -0.375 e. The number of hydrogen-bond donors (Lipinski definition) is 1. The van der Waals surface area contributed by atoms with Gasteiger partial charge < -0.3 is 15.5 Å². The average molecular weight is 354 g/mol. The van der Waals surface area contributed by atoms with Crippen LogP contribution in [-0.2, 0) is 4.79 Å². The van der Waals surface area contributed by atoms with E-state index in [0.29, 0.717) is 5.56 Å². The fraction of sp³-hybridized carbons (Fsp3) is 0.350. The SMILES string of the molecule is Cc1cc(C)nc(N(C)CCCN(C)c2ccc(C(=O)C(N)=O)cc2)c1. The first kappa shape index (κ1) is 19.4. The molecular weight excluding hydrogens is 328 g/mol. The molecule has 0 saturated carbocycles. The highest BCUT2D eigenvalue weighted by Gasteiger charge is 2.12. The van der Waals surface area contributed by atoms with Crippen molar-refractivity contribution in [3.63, 3.8) is 0 Å². The van der Waals surface area contributed by atoms with Gasteiger partial charge in [0.05, 0.1) is 0 Å². The average Bonchev–Trinajstić information content (AvgIpc) is 2.60. The summed E-state index contributed by atoms with van der Waals surface area (Å²) in [6, 6.07) is 11.1. The lowest BCUT2D eigenvalue weighted by Gasteiger charge is -2.23. The minimum atomic E-state index is -0.936.